The van der Waals surface area contributed by atoms with Crippen molar-refractivity contribution >= 4 is 27.5 Å². The summed E-state index contributed by atoms with van der Waals surface area (Å²) in [5.74, 6) is 0.856. The van der Waals surface area contributed by atoms with Gasteiger partial charge in [0.1, 0.15) is 5.75 Å². The largest absolute Gasteiger partial charge is 0.494 e. The van der Waals surface area contributed by atoms with E-state index in [1.54, 1.807) is 0 Å². The highest BCUT2D eigenvalue weighted by Gasteiger charge is 2.18. The third kappa shape index (κ3) is 3.61. The Labute approximate surface area is 140 Å². The van der Waals surface area contributed by atoms with Gasteiger partial charge < -0.3 is 4.74 Å². The predicted molar refractivity (Wildman–Crippen MR) is 93.7 cm³/mol. The molecule has 0 aliphatic heterocycles. The SMILES string of the molecule is CCOc1ccc(C(Cl)c2c(C)cc(C)cc2C)c(Br)c1. The van der Waals surface area contributed by atoms with Crippen LogP contribution in [0.15, 0.2) is 34.8 Å². The third-order valence-corrected chi connectivity index (χ3v) is 4.69. The number of halogens is 2. The van der Waals surface area contributed by atoms with Crippen molar-refractivity contribution in [2.24, 2.45) is 0 Å². The van der Waals surface area contributed by atoms with Gasteiger partial charge in [-0.15, -0.1) is 11.6 Å². The second-order valence-corrected chi connectivity index (χ2v) is 6.58. The van der Waals surface area contributed by atoms with Crippen molar-refractivity contribution in [2.45, 2.75) is 33.1 Å². The fraction of sp³-hybridized carbons (Fsp3) is 0.333. The summed E-state index contributed by atoms with van der Waals surface area (Å²) in [5, 5.41) is -0.171. The van der Waals surface area contributed by atoms with Crippen LogP contribution in [0.2, 0.25) is 0 Å². The smallest absolute Gasteiger partial charge is 0.120 e. The molecule has 0 heterocycles. The molecular formula is C18H20BrClO. The molecule has 0 amide bonds. The van der Waals surface area contributed by atoms with Crippen molar-refractivity contribution < 1.29 is 4.74 Å². The Morgan fingerprint density at radius 3 is 2.24 bits per heavy atom. The van der Waals surface area contributed by atoms with Crippen molar-refractivity contribution in [3.63, 3.8) is 0 Å². The molecular weight excluding hydrogens is 348 g/mol. The zero-order chi connectivity index (χ0) is 15.6. The van der Waals surface area contributed by atoms with E-state index in [-0.39, 0.29) is 5.38 Å². The van der Waals surface area contributed by atoms with Gasteiger partial charge in [-0.3, -0.25) is 0 Å². The highest BCUT2D eigenvalue weighted by atomic mass is 79.9. The van der Waals surface area contributed by atoms with Crippen LogP contribution in [-0.2, 0) is 0 Å². The summed E-state index contributed by atoms with van der Waals surface area (Å²) < 4.78 is 6.50. The Morgan fingerprint density at radius 1 is 1.10 bits per heavy atom. The first-order valence-electron chi connectivity index (χ1n) is 7.08. The molecule has 0 aromatic heterocycles. The number of hydrogen-bond donors (Lipinski definition) is 0. The molecule has 0 spiro atoms. The molecule has 0 N–H and O–H groups in total. The number of benzene rings is 2. The van der Waals surface area contributed by atoms with E-state index in [2.05, 4.69) is 48.8 Å². The summed E-state index contributed by atoms with van der Waals surface area (Å²) in [6, 6.07) is 10.3. The van der Waals surface area contributed by atoms with Crippen molar-refractivity contribution in [2.75, 3.05) is 6.61 Å². The van der Waals surface area contributed by atoms with E-state index < -0.39 is 0 Å². The maximum absolute atomic E-state index is 6.76. The van der Waals surface area contributed by atoms with Crippen LogP contribution in [0.3, 0.4) is 0 Å². The van der Waals surface area contributed by atoms with Gasteiger partial charge in [-0.2, -0.15) is 0 Å². The minimum absolute atomic E-state index is 0.171. The lowest BCUT2D eigenvalue weighted by molar-refractivity contribution is 0.340. The van der Waals surface area contributed by atoms with Gasteiger partial charge in [0, 0.05) is 4.47 Å². The number of aryl methyl sites for hydroxylation is 3. The summed E-state index contributed by atoms with van der Waals surface area (Å²) >= 11 is 10.4. The number of alkyl halides is 1. The van der Waals surface area contributed by atoms with E-state index in [0.29, 0.717) is 6.61 Å². The topological polar surface area (TPSA) is 9.23 Å². The van der Waals surface area contributed by atoms with Gasteiger partial charge in [0.05, 0.1) is 12.0 Å². The molecule has 2 rings (SSSR count). The van der Waals surface area contributed by atoms with Gasteiger partial charge in [-0.25, -0.2) is 0 Å². The lowest BCUT2D eigenvalue weighted by atomic mass is 9.94. The van der Waals surface area contributed by atoms with Gasteiger partial charge in [-0.05, 0) is 62.1 Å². The molecule has 0 saturated heterocycles. The fourth-order valence-corrected chi connectivity index (χ4v) is 3.97. The fourth-order valence-electron chi connectivity index (χ4n) is 2.72. The van der Waals surface area contributed by atoms with Gasteiger partial charge >= 0.3 is 0 Å². The molecule has 21 heavy (non-hydrogen) atoms. The summed E-state index contributed by atoms with van der Waals surface area (Å²) in [4.78, 5) is 0. The lowest BCUT2D eigenvalue weighted by Gasteiger charge is -2.19. The molecule has 0 aliphatic rings. The Balaban J connectivity index is 2.43. The van der Waals surface area contributed by atoms with Crippen LogP contribution in [0.5, 0.6) is 5.75 Å². The quantitative estimate of drug-likeness (QED) is 0.593. The molecule has 0 aliphatic carbocycles. The number of rotatable bonds is 4. The summed E-state index contributed by atoms with van der Waals surface area (Å²) in [7, 11) is 0. The predicted octanol–water partition coefficient (Wildman–Crippen LogP) is 6.10. The van der Waals surface area contributed by atoms with Gasteiger partial charge in [-0.1, -0.05) is 39.7 Å². The molecule has 1 nitrogen and oxygen atoms in total. The maximum Gasteiger partial charge on any atom is 0.120 e. The van der Waals surface area contributed by atoms with E-state index in [1.165, 1.54) is 22.3 Å². The van der Waals surface area contributed by atoms with Crippen molar-refractivity contribution in [3.8, 4) is 5.75 Å². The average molecular weight is 368 g/mol. The average Bonchev–Trinajstić information content (AvgIpc) is 2.37. The van der Waals surface area contributed by atoms with E-state index in [9.17, 15) is 0 Å². The number of ether oxygens (including phenoxy) is 1. The molecule has 0 radical (unpaired) electrons. The summed E-state index contributed by atoms with van der Waals surface area (Å²) in [6.07, 6.45) is 0. The van der Waals surface area contributed by atoms with Gasteiger partial charge in [0.15, 0.2) is 0 Å². The maximum atomic E-state index is 6.76. The van der Waals surface area contributed by atoms with E-state index in [1.807, 2.05) is 25.1 Å². The monoisotopic (exact) mass is 366 g/mol. The minimum Gasteiger partial charge on any atom is -0.494 e. The summed E-state index contributed by atoms with van der Waals surface area (Å²) in [6.45, 7) is 8.98. The van der Waals surface area contributed by atoms with Crippen molar-refractivity contribution in [1.82, 2.24) is 0 Å². The highest BCUT2D eigenvalue weighted by molar-refractivity contribution is 9.10. The van der Waals surface area contributed by atoms with E-state index in [0.717, 1.165) is 15.8 Å². The first-order chi connectivity index (χ1) is 9.93. The van der Waals surface area contributed by atoms with Crippen LogP contribution >= 0.6 is 27.5 Å². The lowest BCUT2D eigenvalue weighted by Crippen LogP contribution is -2.02. The van der Waals surface area contributed by atoms with E-state index in [4.69, 9.17) is 16.3 Å². The van der Waals surface area contributed by atoms with Gasteiger partial charge in [0.2, 0.25) is 0 Å². The Bertz CT molecular complexity index is 629. The molecule has 0 fully saturated rings. The van der Waals surface area contributed by atoms with Crippen LogP contribution < -0.4 is 4.74 Å². The molecule has 0 bridgehead atoms. The third-order valence-electron chi connectivity index (χ3n) is 3.55. The molecule has 1 unspecified atom stereocenters. The van der Waals surface area contributed by atoms with Crippen LogP contribution in [0, 0.1) is 20.8 Å². The molecule has 1 atom stereocenters. The Kier molecular flexibility index (Phi) is 5.34. The van der Waals surface area contributed by atoms with Crippen molar-refractivity contribution in [1.29, 1.82) is 0 Å². The second kappa shape index (κ2) is 6.85. The summed E-state index contributed by atoms with van der Waals surface area (Å²) in [5.41, 5.74) is 5.98. The molecule has 2 aromatic carbocycles. The van der Waals surface area contributed by atoms with Crippen LogP contribution in [0.4, 0.5) is 0 Å². The number of hydrogen-bond acceptors (Lipinski definition) is 1. The standard InChI is InChI=1S/C18H20BrClO/c1-5-21-14-6-7-15(16(19)10-14)18(20)17-12(3)8-11(2)9-13(17)4/h6-10,18H,5H2,1-4H3. The Hall–Kier alpha value is -0.990. The second-order valence-electron chi connectivity index (χ2n) is 5.29. The first-order valence-corrected chi connectivity index (χ1v) is 8.31. The van der Waals surface area contributed by atoms with E-state index >= 15 is 0 Å². The zero-order valence-electron chi connectivity index (χ0n) is 12.8. The molecule has 0 saturated carbocycles. The minimum atomic E-state index is -0.171. The Morgan fingerprint density at radius 2 is 1.71 bits per heavy atom. The molecule has 3 heteroatoms. The van der Waals surface area contributed by atoms with Crippen LogP contribution in [0.25, 0.3) is 0 Å². The van der Waals surface area contributed by atoms with Gasteiger partial charge in [0.25, 0.3) is 0 Å². The van der Waals surface area contributed by atoms with Crippen LogP contribution in [-0.4, -0.2) is 6.61 Å². The van der Waals surface area contributed by atoms with Crippen LogP contribution in [0.1, 0.15) is 40.1 Å². The molecule has 112 valence electrons. The first kappa shape index (κ1) is 16.4. The highest BCUT2D eigenvalue weighted by Crippen LogP contribution is 2.38. The zero-order valence-corrected chi connectivity index (χ0v) is 15.2. The normalized spacial score (nSPS) is 12.3. The molecule has 2 aromatic rings. The van der Waals surface area contributed by atoms with Crippen molar-refractivity contribution in [3.05, 3.63) is 62.6 Å².